The lowest BCUT2D eigenvalue weighted by atomic mass is 10.0. The summed E-state index contributed by atoms with van der Waals surface area (Å²) in [6.45, 7) is 6.70. The van der Waals surface area contributed by atoms with Crippen LogP contribution in [0.2, 0.25) is 0 Å². The van der Waals surface area contributed by atoms with Gasteiger partial charge in [0.05, 0.1) is 0 Å². The van der Waals surface area contributed by atoms with Gasteiger partial charge in [-0.15, -0.1) is 0 Å². The molecule has 0 rings (SSSR count). The van der Waals surface area contributed by atoms with Gasteiger partial charge in [-0.05, 0) is 25.8 Å². The molecule has 0 aliphatic carbocycles. The van der Waals surface area contributed by atoms with E-state index in [4.69, 9.17) is 0 Å². The van der Waals surface area contributed by atoms with Crippen LogP contribution in [0, 0.1) is 0 Å². The van der Waals surface area contributed by atoms with Crippen molar-refractivity contribution in [1.82, 2.24) is 5.32 Å². The maximum Gasteiger partial charge on any atom is 0.270 e. The molecule has 1 N–H and O–H groups in total. The molecule has 0 aromatic heterocycles. The molecular formula is C14H21F2NO. The summed E-state index contributed by atoms with van der Waals surface area (Å²) in [5, 5.41) is 2.55. The van der Waals surface area contributed by atoms with Crippen molar-refractivity contribution < 1.29 is 13.6 Å². The topological polar surface area (TPSA) is 29.1 Å². The van der Waals surface area contributed by atoms with Crippen LogP contribution in [0.3, 0.4) is 0 Å². The number of nitrogens with one attached hydrogen (secondary N) is 1. The molecule has 0 aliphatic heterocycles. The van der Waals surface area contributed by atoms with Crippen molar-refractivity contribution in [2.45, 2.75) is 40.0 Å². The van der Waals surface area contributed by atoms with Crippen LogP contribution in [0.4, 0.5) is 8.78 Å². The van der Waals surface area contributed by atoms with Crippen LogP contribution < -0.4 is 5.32 Å². The Bertz CT molecular complexity index is 362. The maximum absolute atomic E-state index is 13.2. The first-order chi connectivity index (χ1) is 8.36. The smallest absolute Gasteiger partial charge is 0.270 e. The quantitative estimate of drug-likeness (QED) is 0.548. The first-order valence-corrected chi connectivity index (χ1v) is 5.95. The molecule has 18 heavy (non-hydrogen) atoms. The number of carbonyl (C=O) groups is 1. The van der Waals surface area contributed by atoms with E-state index in [-0.39, 0.29) is 5.57 Å². The number of carbonyl (C=O) groups excluding carboxylic acids is 1. The van der Waals surface area contributed by atoms with E-state index >= 15 is 0 Å². The standard InChI is InChI=1S/C14H21F2NO/c1-5-11(3)12(9-17-10-18)7-8-13(6-2)14(4,15)16/h6-8,10H,5,9H2,1-4H3,(H,17,18)/b8-7-,12-11-,13-6+. The first kappa shape index (κ1) is 16.6. The molecule has 0 bridgehead atoms. The molecule has 0 unspecified atom stereocenters. The normalized spacial score (nSPS) is 14.7. The second-order valence-corrected chi connectivity index (χ2v) is 4.12. The molecule has 4 heteroatoms. The lowest BCUT2D eigenvalue weighted by Crippen LogP contribution is -2.15. The van der Waals surface area contributed by atoms with Crippen molar-refractivity contribution in [2.24, 2.45) is 0 Å². The Hall–Kier alpha value is -1.45. The highest BCUT2D eigenvalue weighted by atomic mass is 19.3. The first-order valence-electron chi connectivity index (χ1n) is 5.95. The van der Waals surface area contributed by atoms with E-state index in [2.05, 4.69) is 5.32 Å². The van der Waals surface area contributed by atoms with E-state index in [0.717, 1.165) is 24.5 Å². The third-order valence-electron chi connectivity index (χ3n) is 2.74. The SMILES string of the molecule is C\C=C(/C=C\C(CNC=O)=C(/C)CC)C(C)(F)F. The Labute approximate surface area is 107 Å². The molecule has 0 aromatic rings. The third kappa shape index (κ3) is 5.75. The van der Waals surface area contributed by atoms with Gasteiger partial charge in [-0.3, -0.25) is 4.79 Å². The van der Waals surface area contributed by atoms with Crippen molar-refractivity contribution in [3.8, 4) is 0 Å². The van der Waals surface area contributed by atoms with E-state index in [1.165, 1.54) is 12.2 Å². The predicted octanol–water partition coefficient (Wildman–Crippen LogP) is 3.62. The number of hydrogen-bond acceptors (Lipinski definition) is 1. The average Bonchev–Trinajstić information content (AvgIpc) is 2.31. The molecule has 0 fully saturated rings. The second-order valence-electron chi connectivity index (χ2n) is 4.12. The maximum atomic E-state index is 13.2. The molecule has 0 radical (unpaired) electrons. The summed E-state index contributed by atoms with van der Waals surface area (Å²) in [4.78, 5) is 10.3. The van der Waals surface area contributed by atoms with Gasteiger partial charge < -0.3 is 5.32 Å². The zero-order valence-electron chi connectivity index (χ0n) is 11.4. The molecule has 2 nitrogen and oxygen atoms in total. The fourth-order valence-corrected chi connectivity index (χ4v) is 1.42. The van der Waals surface area contributed by atoms with Crippen LogP contribution in [0.25, 0.3) is 0 Å². The highest BCUT2D eigenvalue weighted by Crippen LogP contribution is 2.24. The highest BCUT2D eigenvalue weighted by Gasteiger charge is 2.24. The van der Waals surface area contributed by atoms with Crippen LogP contribution in [0.15, 0.2) is 34.9 Å². The Morgan fingerprint density at radius 1 is 1.33 bits per heavy atom. The Morgan fingerprint density at radius 2 is 1.94 bits per heavy atom. The van der Waals surface area contributed by atoms with E-state index in [1.54, 1.807) is 13.0 Å². The lowest BCUT2D eigenvalue weighted by Gasteiger charge is -2.12. The van der Waals surface area contributed by atoms with Crippen molar-refractivity contribution in [2.75, 3.05) is 6.54 Å². The molecule has 102 valence electrons. The largest absolute Gasteiger partial charge is 0.355 e. The van der Waals surface area contributed by atoms with E-state index in [0.29, 0.717) is 13.0 Å². The van der Waals surface area contributed by atoms with Crippen LogP contribution in [0.1, 0.15) is 34.1 Å². The Balaban J connectivity index is 5.04. The molecule has 0 atom stereocenters. The fourth-order valence-electron chi connectivity index (χ4n) is 1.42. The molecule has 0 saturated carbocycles. The number of hydrogen-bond donors (Lipinski definition) is 1. The number of halogens is 2. The summed E-state index contributed by atoms with van der Waals surface area (Å²) >= 11 is 0. The summed E-state index contributed by atoms with van der Waals surface area (Å²) in [5.41, 5.74) is 1.89. The van der Waals surface area contributed by atoms with Gasteiger partial charge in [-0.2, -0.15) is 0 Å². The minimum Gasteiger partial charge on any atom is -0.355 e. The number of allylic oxidation sites excluding steroid dienone is 4. The molecule has 1 amide bonds. The zero-order valence-corrected chi connectivity index (χ0v) is 11.4. The zero-order chi connectivity index (χ0) is 14.2. The van der Waals surface area contributed by atoms with Crippen molar-refractivity contribution in [3.05, 3.63) is 34.9 Å². The van der Waals surface area contributed by atoms with Crippen molar-refractivity contribution >= 4 is 6.41 Å². The highest BCUT2D eigenvalue weighted by molar-refractivity contribution is 5.48. The van der Waals surface area contributed by atoms with Gasteiger partial charge in [0.2, 0.25) is 6.41 Å². The summed E-state index contributed by atoms with van der Waals surface area (Å²) < 4.78 is 26.3. The van der Waals surface area contributed by atoms with Gasteiger partial charge in [0, 0.05) is 19.0 Å². The van der Waals surface area contributed by atoms with Crippen molar-refractivity contribution in [1.29, 1.82) is 0 Å². The lowest BCUT2D eigenvalue weighted by molar-refractivity contribution is -0.109. The van der Waals surface area contributed by atoms with Crippen molar-refractivity contribution in [3.63, 3.8) is 0 Å². The Morgan fingerprint density at radius 3 is 2.33 bits per heavy atom. The van der Waals surface area contributed by atoms with Gasteiger partial charge in [0.1, 0.15) is 0 Å². The van der Waals surface area contributed by atoms with Gasteiger partial charge in [0.25, 0.3) is 5.92 Å². The average molecular weight is 257 g/mol. The number of alkyl halides is 2. The Kier molecular flexibility index (Phi) is 7.17. The molecule has 0 heterocycles. The number of rotatable bonds is 7. The summed E-state index contributed by atoms with van der Waals surface area (Å²) in [7, 11) is 0. The monoisotopic (exact) mass is 257 g/mol. The summed E-state index contributed by atoms with van der Waals surface area (Å²) in [6.07, 6.45) is 5.85. The van der Waals surface area contributed by atoms with Gasteiger partial charge >= 0.3 is 0 Å². The van der Waals surface area contributed by atoms with Crippen LogP contribution >= 0.6 is 0 Å². The van der Waals surface area contributed by atoms with E-state index in [1.807, 2.05) is 13.8 Å². The van der Waals surface area contributed by atoms with E-state index < -0.39 is 5.92 Å². The predicted molar refractivity (Wildman–Crippen MR) is 70.6 cm³/mol. The molecule has 0 saturated heterocycles. The molecule has 0 aromatic carbocycles. The van der Waals surface area contributed by atoms with Gasteiger partial charge in [-0.25, -0.2) is 8.78 Å². The fraction of sp³-hybridized carbons (Fsp3) is 0.500. The second kappa shape index (κ2) is 7.80. The van der Waals surface area contributed by atoms with Crippen LogP contribution in [0.5, 0.6) is 0 Å². The van der Waals surface area contributed by atoms with Crippen LogP contribution in [-0.2, 0) is 4.79 Å². The molecule has 0 spiro atoms. The summed E-state index contributed by atoms with van der Waals surface area (Å²) in [5.74, 6) is -2.85. The summed E-state index contributed by atoms with van der Waals surface area (Å²) in [6, 6.07) is 0. The minimum atomic E-state index is -2.85. The molecule has 0 aliphatic rings. The van der Waals surface area contributed by atoms with Gasteiger partial charge in [-0.1, -0.05) is 30.7 Å². The molecular weight excluding hydrogens is 236 g/mol. The number of amides is 1. The van der Waals surface area contributed by atoms with E-state index in [9.17, 15) is 13.6 Å². The minimum absolute atomic E-state index is 0.0324. The van der Waals surface area contributed by atoms with Crippen LogP contribution in [-0.4, -0.2) is 18.9 Å². The third-order valence-corrected chi connectivity index (χ3v) is 2.74. The van der Waals surface area contributed by atoms with Gasteiger partial charge in [0.15, 0.2) is 0 Å².